The summed E-state index contributed by atoms with van der Waals surface area (Å²) in [6.07, 6.45) is 10.6. The van der Waals surface area contributed by atoms with E-state index in [9.17, 15) is 9.59 Å². The second-order valence-electron chi connectivity index (χ2n) is 8.59. The van der Waals surface area contributed by atoms with Crippen LogP contribution in [0.5, 0.6) is 5.75 Å². The molecule has 1 N–H and O–H groups in total. The highest BCUT2D eigenvalue weighted by molar-refractivity contribution is 5.87. The highest BCUT2D eigenvalue weighted by Gasteiger charge is 2.27. The van der Waals surface area contributed by atoms with E-state index in [0.29, 0.717) is 18.8 Å². The van der Waals surface area contributed by atoms with E-state index < -0.39 is 23.1 Å². The molecule has 190 valence electrons. The van der Waals surface area contributed by atoms with Gasteiger partial charge in [0.2, 0.25) is 0 Å². The third-order valence-corrected chi connectivity index (χ3v) is 4.55. The van der Waals surface area contributed by atoms with Crippen LogP contribution in [0, 0.1) is 0 Å². The summed E-state index contributed by atoms with van der Waals surface area (Å²) in [7, 11) is 0. The summed E-state index contributed by atoms with van der Waals surface area (Å²) < 4.78 is 17.2. The Balaban J connectivity index is 0.00000529. The lowest BCUT2D eigenvalue weighted by Gasteiger charge is -2.31. The molecule has 1 rings (SSSR count). The molecule has 0 aliphatic rings. The molecular weight excluding hydrogens is 432 g/mol. The van der Waals surface area contributed by atoms with Crippen molar-refractivity contribution < 1.29 is 28.9 Å². The summed E-state index contributed by atoms with van der Waals surface area (Å²) in [5.41, 5.74) is -0.130. The van der Waals surface area contributed by atoms with E-state index in [1.807, 2.05) is 66.7 Å². The van der Waals surface area contributed by atoms with Crippen LogP contribution >= 0.6 is 0 Å². The van der Waals surface area contributed by atoms with Crippen LogP contribution in [0.2, 0.25) is 0 Å². The maximum atomic E-state index is 12.2. The number of esters is 1. The Morgan fingerprint density at radius 3 is 2.12 bits per heavy atom. The van der Waals surface area contributed by atoms with E-state index in [2.05, 4.69) is 6.92 Å². The molecule has 0 unspecified atom stereocenters. The van der Waals surface area contributed by atoms with Crippen LogP contribution in [-0.4, -0.2) is 41.5 Å². The summed E-state index contributed by atoms with van der Waals surface area (Å²) in [5, 5.41) is 8.94. The second kappa shape index (κ2) is 15.9. The van der Waals surface area contributed by atoms with E-state index in [1.165, 1.54) is 18.2 Å². The normalized spacial score (nSPS) is 12.4. The van der Waals surface area contributed by atoms with Crippen molar-refractivity contribution in [3.63, 3.8) is 0 Å². The van der Waals surface area contributed by atoms with Crippen molar-refractivity contribution >= 4 is 11.9 Å². The highest BCUT2D eigenvalue weighted by atomic mass is 16.6. The maximum Gasteiger partial charge on any atom is 0.335 e. The number of aromatic carboxylic acids is 1. The molecule has 6 heteroatoms. The first kappa shape index (κ1) is 31.1. The van der Waals surface area contributed by atoms with Gasteiger partial charge in [-0.1, -0.05) is 39.0 Å². The Kier molecular flexibility index (Phi) is 14.5. The fourth-order valence-corrected chi connectivity index (χ4v) is 2.55. The molecule has 6 nitrogen and oxygen atoms in total. The lowest BCUT2D eigenvalue weighted by Crippen LogP contribution is -2.38. The minimum atomic E-state index is -0.972. The first-order chi connectivity index (χ1) is 16.0. The lowest BCUT2D eigenvalue weighted by molar-refractivity contribution is -0.163. The third kappa shape index (κ3) is 13.6. The Bertz CT molecular complexity index is 829. The molecule has 0 saturated heterocycles. The molecule has 0 fully saturated rings. The number of benzene rings is 1. The second-order valence-corrected chi connectivity index (χ2v) is 8.59. The van der Waals surface area contributed by atoms with Gasteiger partial charge in [0.25, 0.3) is 0 Å². The van der Waals surface area contributed by atoms with Gasteiger partial charge in [-0.2, -0.15) is 0 Å². The largest absolute Gasteiger partial charge is 0.493 e. The van der Waals surface area contributed by atoms with Crippen LogP contribution in [0.3, 0.4) is 0 Å². The van der Waals surface area contributed by atoms with Crippen LogP contribution in [0.25, 0.3) is 0 Å². The molecule has 0 radical (unpaired) electrons. The van der Waals surface area contributed by atoms with Crippen LogP contribution in [-0.2, 0) is 14.3 Å². The Hall–Kier alpha value is -2.86. The predicted octanol–water partition coefficient (Wildman–Crippen LogP) is 6.77. The summed E-state index contributed by atoms with van der Waals surface area (Å²) in [4.78, 5) is 23.1. The van der Waals surface area contributed by atoms with Crippen LogP contribution < -0.4 is 4.74 Å². The molecule has 0 amide bonds. The number of rotatable bonds is 13. The van der Waals surface area contributed by atoms with Crippen molar-refractivity contribution in [2.75, 3.05) is 13.2 Å². The molecule has 0 spiro atoms. The van der Waals surface area contributed by atoms with Crippen molar-refractivity contribution in [2.24, 2.45) is 0 Å². The number of carbonyl (C=O) groups is 2. The number of carbonyl (C=O) groups excluding carboxylic acids is 1. The van der Waals surface area contributed by atoms with Gasteiger partial charge in [0, 0.05) is 12.5 Å². The van der Waals surface area contributed by atoms with E-state index in [0.717, 1.165) is 12.0 Å². The van der Waals surface area contributed by atoms with Gasteiger partial charge in [0.1, 0.15) is 11.4 Å². The molecule has 0 aromatic heterocycles. The zero-order chi connectivity index (χ0) is 26.2. The number of carboxylic acid groups (broad SMARTS) is 1. The van der Waals surface area contributed by atoms with Gasteiger partial charge in [0.05, 0.1) is 24.4 Å². The van der Waals surface area contributed by atoms with Crippen molar-refractivity contribution in [1.29, 1.82) is 0 Å². The van der Waals surface area contributed by atoms with Gasteiger partial charge < -0.3 is 19.3 Å². The first-order valence-corrected chi connectivity index (χ1v) is 11.8. The predicted molar refractivity (Wildman–Crippen MR) is 137 cm³/mol. The number of ether oxygens (including phenoxy) is 3. The minimum Gasteiger partial charge on any atom is -0.493 e. The van der Waals surface area contributed by atoms with Crippen LogP contribution in [0.4, 0.5) is 0 Å². The molecule has 1 aromatic carbocycles. The average Bonchev–Trinajstić information content (AvgIpc) is 2.79. The molecule has 0 saturated carbocycles. The molecule has 34 heavy (non-hydrogen) atoms. The third-order valence-electron chi connectivity index (χ3n) is 4.55. The summed E-state index contributed by atoms with van der Waals surface area (Å²) >= 11 is 0. The molecule has 0 aliphatic heterocycles. The van der Waals surface area contributed by atoms with Crippen molar-refractivity contribution in [2.45, 2.75) is 79.4 Å². The van der Waals surface area contributed by atoms with Crippen molar-refractivity contribution in [3.05, 3.63) is 65.8 Å². The summed E-state index contributed by atoms with van der Waals surface area (Å²) in [6, 6.07) is 6.27. The van der Waals surface area contributed by atoms with Gasteiger partial charge >= 0.3 is 11.9 Å². The van der Waals surface area contributed by atoms with E-state index in [-0.39, 0.29) is 12.2 Å². The van der Waals surface area contributed by atoms with E-state index >= 15 is 0 Å². The molecular formula is C28H42O6. The molecule has 1 aromatic rings. The highest BCUT2D eigenvalue weighted by Crippen LogP contribution is 2.21. The van der Waals surface area contributed by atoms with E-state index in [1.54, 1.807) is 18.2 Å². The van der Waals surface area contributed by atoms with Crippen molar-refractivity contribution in [1.82, 2.24) is 0 Å². The van der Waals surface area contributed by atoms with E-state index in [4.69, 9.17) is 19.3 Å². The Morgan fingerprint density at radius 1 is 0.971 bits per heavy atom. The number of hydrogen-bond acceptors (Lipinski definition) is 5. The van der Waals surface area contributed by atoms with Gasteiger partial charge in [-0.25, -0.2) is 9.59 Å². The Labute approximate surface area is 205 Å². The SMILES string of the molecule is C/C=C(\C=C/CC)/C=C/C(=O)OC(C)(C)COC(C)(C)CCOc1ccc(C(=O)O)cc1.CC. The lowest BCUT2D eigenvalue weighted by atomic mass is 10.0. The minimum absolute atomic E-state index is 0.215. The average molecular weight is 475 g/mol. The van der Waals surface area contributed by atoms with Crippen molar-refractivity contribution in [3.8, 4) is 5.75 Å². The number of carboxylic acids is 1. The summed E-state index contributed by atoms with van der Waals surface area (Å²) in [6.45, 7) is 16.1. The molecule has 0 atom stereocenters. The first-order valence-electron chi connectivity index (χ1n) is 11.8. The zero-order valence-corrected chi connectivity index (χ0v) is 22.0. The van der Waals surface area contributed by atoms with Crippen LogP contribution in [0.1, 0.15) is 78.6 Å². The van der Waals surface area contributed by atoms with Gasteiger partial charge in [-0.05, 0) is 77.0 Å². The van der Waals surface area contributed by atoms with Crippen LogP contribution in [0.15, 0.2) is 60.2 Å². The fraction of sp³-hybridized carbons (Fsp3) is 0.500. The quantitative estimate of drug-likeness (QED) is 0.193. The fourth-order valence-electron chi connectivity index (χ4n) is 2.55. The maximum absolute atomic E-state index is 12.2. The van der Waals surface area contributed by atoms with Gasteiger partial charge in [0.15, 0.2) is 0 Å². The molecule has 0 aliphatic carbocycles. The van der Waals surface area contributed by atoms with Gasteiger partial charge in [-0.15, -0.1) is 0 Å². The number of hydrogen-bond donors (Lipinski definition) is 1. The summed E-state index contributed by atoms with van der Waals surface area (Å²) in [5.74, 6) is -0.796. The standard InChI is InChI=1S/C26H36O6.C2H6/c1-7-9-10-20(8-2)11-16-23(27)32-26(5,6)19-31-25(3,4)17-18-30-22-14-12-21(13-15-22)24(28)29;1-2/h8-16H,7,17-19H2,1-6H3,(H,28,29);1-2H3/b10-9-,16-11+,20-8+;. The Morgan fingerprint density at radius 2 is 1.59 bits per heavy atom. The smallest absolute Gasteiger partial charge is 0.335 e. The molecule has 0 heterocycles. The number of allylic oxidation sites excluding steroid dienone is 5. The molecule has 0 bridgehead atoms. The van der Waals surface area contributed by atoms with Gasteiger partial charge in [-0.3, -0.25) is 0 Å². The zero-order valence-electron chi connectivity index (χ0n) is 22.0. The topological polar surface area (TPSA) is 82.1 Å². The monoisotopic (exact) mass is 474 g/mol.